The van der Waals surface area contributed by atoms with Gasteiger partial charge in [0, 0.05) is 35.8 Å². The van der Waals surface area contributed by atoms with Crippen molar-refractivity contribution in [3.05, 3.63) is 35.5 Å². The Morgan fingerprint density at radius 3 is 2.83 bits per heavy atom. The van der Waals surface area contributed by atoms with Gasteiger partial charge in [0.05, 0.1) is 13.2 Å². The van der Waals surface area contributed by atoms with Gasteiger partial charge in [-0.1, -0.05) is 18.2 Å². The first-order valence-corrected chi connectivity index (χ1v) is 6.05. The number of hydrogen-bond donors (Lipinski definition) is 2. The fourth-order valence-electron chi connectivity index (χ4n) is 2.24. The van der Waals surface area contributed by atoms with Crippen molar-refractivity contribution in [3.8, 4) is 0 Å². The summed E-state index contributed by atoms with van der Waals surface area (Å²) in [6.07, 6.45) is 0. The molecule has 2 N–H and O–H groups in total. The number of fused-ring (bicyclic) bond motifs is 1. The summed E-state index contributed by atoms with van der Waals surface area (Å²) in [4.78, 5) is 12.2. The molecular weight excluding hydrogens is 228 g/mol. The van der Waals surface area contributed by atoms with Crippen LogP contribution >= 0.6 is 0 Å². The van der Waals surface area contributed by atoms with Crippen molar-refractivity contribution in [2.75, 3.05) is 19.7 Å². The van der Waals surface area contributed by atoms with Crippen LogP contribution in [0.5, 0.6) is 0 Å². The largest absolute Gasteiger partial charge is 0.395 e. The number of ketones is 1. The van der Waals surface area contributed by atoms with E-state index in [1.807, 2.05) is 42.8 Å². The Hall–Kier alpha value is -1.65. The SMILES string of the molecule is Cc1c(C(=O)CNCCO)c2ccccc2n1C. The van der Waals surface area contributed by atoms with Gasteiger partial charge in [-0.15, -0.1) is 0 Å². The monoisotopic (exact) mass is 246 g/mol. The number of aryl methyl sites for hydroxylation is 1. The highest BCUT2D eigenvalue weighted by atomic mass is 16.3. The molecular formula is C14H18N2O2. The molecule has 0 unspecified atom stereocenters. The van der Waals surface area contributed by atoms with Crippen LogP contribution in [0.4, 0.5) is 0 Å². The van der Waals surface area contributed by atoms with Crippen molar-refractivity contribution >= 4 is 16.7 Å². The summed E-state index contributed by atoms with van der Waals surface area (Å²) < 4.78 is 2.04. The number of aromatic nitrogens is 1. The Balaban J connectivity index is 2.38. The standard InChI is InChI=1S/C14H18N2O2/c1-10-14(13(18)9-15-7-8-17)11-5-3-4-6-12(11)16(10)2/h3-6,15,17H,7-9H2,1-2H3. The molecule has 2 rings (SSSR count). The molecule has 0 fully saturated rings. The summed E-state index contributed by atoms with van der Waals surface area (Å²) in [6.45, 7) is 2.70. The Bertz CT molecular complexity index is 572. The first-order valence-electron chi connectivity index (χ1n) is 6.05. The molecule has 0 atom stereocenters. The van der Waals surface area contributed by atoms with Crippen LogP contribution in [-0.4, -0.2) is 35.2 Å². The zero-order chi connectivity index (χ0) is 13.1. The van der Waals surface area contributed by atoms with E-state index in [2.05, 4.69) is 5.32 Å². The number of carbonyl (C=O) groups is 1. The molecule has 0 spiro atoms. The number of hydrogen-bond acceptors (Lipinski definition) is 3. The second-order valence-electron chi connectivity index (χ2n) is 4.36. The molecule has 2 aromatic rings. The van der Waals surface area contributed by atoms with E-state index in [1.54, 1.807) is 0 Å². The number of benzene rings is 1. The molecule has 0 aliphatic carbocycles. The lowest BCUT2D eigenvalue weighted by Gasteiger charge is -2.03. The third-order valence-corrected chi connectivity index (χ3v) is 3.25. The van der Waals surface area contributed by atoms with Crippen molar-refractivity contribution < 1.29 is 9.90 Å². The topological polar surface area (TPSA) is 54.3 Å². The highest BCUT2D eigenvalue weighted by Gasteiger charge is 2.17. The van der Waals surface area contributed by atoms with E-state index in [-0.39, 0.29) is 18.9 Å². The number of nitrogens with zero attached hydrogens (tertiary/aromatic N) is 1. The Labute approximate surface area is 106 Å². The molecule has 0 aliphatic rings. The number of rotatable bonds is 5. The lowest BCUT2D eigenvalue weighted by molar-refractivity contribution is 0.0990. The van der Waals surface area contributed by atoms with Crippen LogP contribution in [0, 0.1) is 6.92 Å². The third-order valence-electron chi connectivity index (χ3n) is 3.25. The van der Waals surface area contributed by atoms with Gasteiger partial charge in [0.2, 0.25) is 0 Å². The maximum atomic E-state index is 12.2. The van der Waals surface area contributed by atoms with Gasteiger partial charge in [0.15, 0.2) is 5.78 Å². The van der Waals surface area contributed by atoms with Gasteiger partial charge in [-0.3, -0.25) is 4.79 Å². The fraction of sp³-hybridized carbons (Fsp3) is 0.357. The van der Waals surface area contributed by atoms with Gasteiger partial charge in [-0.2, -0.15) is 0 Å². The van der Waals surface area contributed by atoms with Crippen molar-refractivity contribution in [1.29, 1.82) is 0 Å². The van der Waals surface area contributed by atoms with Gasteiger partial charge in [0.1, 0.15) is 0 Å². The number of Topliss-reactive ketones (excluding diaryl/α,β-unsaturated/α-hetero) is 1. The van der Waals surface area contributed by atoms with Gasteiger partial charge in [-0.25, -0.2) is 0 Å². The van der Waals surface area contributed by atoms with Crippen LogP contribution in [0.15, 0.2) is 24.3 Å². The van der Waals surface area contributed by atoms with E-state index in [1.165, 1.54) is 0 Å². The molecule has 0 aliphatic heterocycles. The van der Waals surface area contributed by atoms with Crippen LogP contribution in [0.25, 0.3) is 10.9 Å². The molecule has 0 radical (unpaired) electrons. The highest BCUT2D eigenvalue weighted by molar-refractivity contribution is 6.10. The average molecular weight is 246 g/mol. The Kier molecular flexibility index (Phi) is 3.79. The molecule has 4 heteroatoms. The average Bonchev–Trinajstić information content (AvgIpc) is 2.63. The summed E-state index contributed by atoms with van der Waals surface area (Å²) in [7, 11) is 1.97. The minimum atomic E-state index is 0.0435. The zero-order valence-corrected chi connectivity index (χ0v) is 10.7. The minimum absolute atomic E-state index is 0.0435. The van der Waals surface area contributed by atoms with Crippen LogP contribution in [0.1, 0.15) is 16.1 Å². The lowest BCUT2D eigenvalue weighted by atomic mass is 10.1. The van der Waals surface area contributed by atoms with Crippen LogP contribution in [-0.2, 0) is 7.05 Å². The molecule has 0 amide bonds. The van der Waals surface area contributed by atoms with Crippen molar-refractivity contribution in [1.82, 2.24) is 9.88 Å². The Morgan fingerprint density at radius 2 is 2.11 bits per heavy atom. The smallest absolute Gasteiger partial charge is 0.179 e. The predicted octanol–water partition coefficient (Wildman–Crippen LogP) is 1.25. The van der Waals surface area contributed by atoms with Crippen LogP contribution in [0.2, 0.25) is 0 Å². The van der Waals surface area contributed by atoms with Gasteiger partial charge in [-0.05, 0) is 13.0 Å². The number of aliphatic hydroxyl groups excluding tert-OH is 1. The first-order chi connectivity index (χ1) is 8.66. The molecule has 96 valence electrons. The summed E-state index contributed by atoms with van der Waals surface area (Å²) in [5, 5.41) is 12.6. The molecule has 1 aromatic carbocycles. The number of carbonyl (C=O) groups excluding carboxylic acids is 1. The number of aliphatic hydroxyl groups is 1. The quantitative estimate of drug-likeness (QED) is 0.616. The van der Waals surface area contributed by atoms with E-state index in [9.17, 15) is 4.79 Å². The number of para-hydroxylation sites is 1. The molecule has 18 heavy (non-hydrogen) atoms. The molecule has 4 nitrogen and oxygen atoms in total. The number of nitrogens with one attached hydrogen (secondary N) is 1. The van der Waals surface area contributed by atoms with Gasteiger partial charge < -0.3 is 15.0 Å². The van der Waals surface area contributed by atoms with E-state index in [0.717, 1.165) is 22.2 Å². The van der Waals surface area contributed by atoms with E-state index in [0.29, 0.717) is 6.54 Å². The maximum Gasteiger partial charge on any atom is 0.179 e. The molecule has 1 aromatic heterocycles. The third kappa shape index (κ3) is 2.17. The van der Waals surface area contributed by atoms with E-state index in [4.69, 9.17) is 5.11 Å². The highest BCUT2D eigenvalue weighted by Crippen LogP contribution is 2.24. The fourth-order valence-corrected chi connectivity index (χ4v) is 2.24. The normalized spacial score (nSPS) is 11.1. The predicted molar refractivity (Wildman–Crippen MR) is 71.9 cm³/mol. The molecule has 1 heterocycles. The lowest BCUT2D eigenvalue weighted by Crippen LogP contribution is -2.26. The Morgan fingerprint density at radius 1 is 1.39 bits per heavy atom. The summed E-state index contributed by atoms with van der Waals surface area (Å²) in [5.41, 5.74) is 2.83. The second-order valence-corrected chi connectivity index (χ2v) is 4.36. The summed E-state index contributed by atoms with van der Waals surface area (Å²) in [5.74, 6) is 0.0674. The molecule has 0 saturated heterocycles. The van der Waals surface area contributed by atoms with Crippen LogP contribution < -0.4 is 5.32 Å². The van der Waals surface area contributed by atoms with E-state index < -0.39 is 0 Å². The zero-order valence-electron chi connectivity index (χ0n) is 10.7. The van der Waals surface area contributed by atoms with Crippen molar-refractivity contribution in [2.24, 2.45) is 7.05 Å². The first kappa shape index (κ1) is 12.8. The van der Waals surface area contributed by atoms with Crippen molar-refractivity contribution in [2.45, 2.75) is 6.92 Å². The summed E-state index contributed by atoms with van der Waals surface area (Å²) in [6, 6.07) is 7.90. The molecule has 0 saturated carbocycles. The van der Waals surface area contributed by atoms with Crippen LogP contribution in [0.3, 0.4) is 0 Å². The maximum absolute atomic E-state index is 12.2. The van der Waals surface area contributed by atoms with Gasteiger partial charge in [0.25, 0.3) is 0 Å². The van der Waals surface area contributed by atoms with Crippen molar-refractivity contribution in [3.63, 3.8) is 0 Å². The minimum Gasteiger partial charge on any atom is -0.395 e. The molecule has 0 bridgehead atoms. The second kappa shape index (κ2) is 5.33. The van der Waals surface area contributed by atoms with E-state index >= 15 is 0 Å². The summed E-state index contributed by atoms with van der Waals surface area (Å²) >= 11 is 0. The van der Waals surface area contributed by atoms with Gasteiger partial charge >= 0.3 is 0 Å².